The first-order valence-electron chi connectivity index (χ1n) is 9.45. The van der Waals surface area contributed by atoms with E-state index in [0.29, 0.717) is 12.1 Å². The predicted octanol–water partition coefficient (Wildman–Crippen LogP) is 3.54. The number of nitrogens with two attached hydrogens (primary N) is 1. The minimum Gasteiger partial charge on any atom is -0.364 e. The molecule has 0 saturated carbocycles. The second kappa shape index (κ2) is 7.68. The third kappa shape index (κ3) is 3.53. The lowest BCUT2D eigenvalue weighted by Crippen LogP contribution is -2.38. The average Bonchev–Trinajstić information content (AvgIpc) is 3.25. The molecule has 1 aromatic heterocycles. The summed E-state index contributed by atoms with van der Waals surface area (Å²) < 4.78 is 0. The highest BCUT2D eigenvalue weighted by molar-refractivity contribution is 5.95. The van der Waals surface area contributed by atoms with Crippen LogP contribution in [0.25, 0.3) is 11.1 Å². The maximum atomic E-state index is 13.2. The molecule has 0 spiro atoms. The van der Waals surface area contributed by atoms with Gasteiger partial charge in [0.2, 0.25) is 0 Å². The van der Waals surface area contributed by atoms with Crippen LogP contribution in [0.5, 0.6) is 0 Å². The van der Waals surface area contributed by atoms with Gasteiger partial charge in [-0.1, -0.05) is 42.5 Å². The van der Waals surface area contributed by atoms with Crippen LogP contribution in [-0.2, 0) is 0 Å². The van der Waals surface area contributed by atoms with Crippen LogP contribution in [0, 0.1) is 0 Å². The van der Waals surface area contributed by atoms with Gasteiger partial charge in [0.1, 0.15) is 5.69 Å². The second-order valence-electron chi connectivity index (χ2n) is 7.03. The van der Waals surface area contributed by atoms with Gasteiger partial charge in [-0.15, -0.1) is 0 Å². The quantitative estimate of drug-likeness (QED) is 0.731. The molecule has 6 heteroatoms. The molecule has 1 unspecified atom stereocenters. The summed E-state index contributed by atoms with van der Waals surface area (Å²) in [4.78, 5) is 26.4. The Morgan fingerprint density at radius 1 is 1.00 bits per heavy atom. The summed E-state index contributed by atoms with van der Waals surface area (Å²) in [7, 11) is 0. The number of nitrogens with zero attached hydrogens (tertiary/aromatic N) is 2. The van der Waals surface area contributed by atoms with Gasteiger partial charge in [0.25, 0.3) is 11.8 Å². The summed E-state index contributed by atoms with van der Waals surface area (Å²) in [6, 6.07) is 19.3. The molecule has 142 valence electrons. The van der Waals surface area contributed by atoms with Gasteiger partial charge in [-0.2, -0.15) is 5.10 Å². The summed E-state index contributed by atoms with van der Waals surface area (Å²) in [5.41, 5.74) is 9.10. The molecule has 2 amide bonds. The molecule has 1 saturated heterocycles. The number of H-pyrrole nitrogens is 1. The molecule has 1 fully saturated rings. The van der Waals surface area contributed by atoms with Crippen LogP contribution >= 0.6 is 0 Å². The van der Waals surface area contributed by atoms with Crippen molar-refractivity contribution in [3.05, 3.63) is 77.6 Å². The maximum absolute atomic E-state index is 13.2. The zero-order chi connectivity index (χ0) is 19.5. The lowest BCUT2D eigenvalue weighted by molar-refractivity contribution is 0.0606. The number of carbonyl (C=O) groups is 2. The van der Waals surface area contributed by atoms with Crippen molar-refractivity contribution in [2.75, 3.05) is 6.54 Å². The Bertz CT molecular complexity index is 979. The molecule has 3 N–H and O–H groups in total. The fourth-order valence-electron chi connectivity index (χ4n) is 3.73. The number of aromatic nitrogens is 2. The molecule has 4 rings (SSSR count). The van der Waals surface area contributed by atoms with E-state index in [1.54, 1.807) is 6.07 Å². The molecular formula is C22H22N4O2. The predicted molar refractivity (Wildman–Crippen MR) is 107 cm³/mol. The Morgan fingerprint density at radius 3 is 2.39 bits per heavy atom. The molecule has 6 nitrogen and oxygen atoms in total. The summed E-state index contributed by atoms with van der Waals surface area (Å²) in [6.07, 6.45) is 2.81. The van der Waals surface area contributed by atoms with Gasteiger partial charge >= 0.3 is 0 Å². The van der Waals surface area contributed by atoms with Crippen molar-refractivity contribution in [2.24, 2.45) is 5.73 Å². The van der Waals surface area contributed by atoms with Crippen LogP contribution < -0.4 is 5.73 Å². The van der Waals surface area contributed by atoms with Gasteiger partial charge in [-0.3, -0.25) is 14.7 Å². The van der Waals surface area contributed by atoms with E-state index in [1.165, 1.54) is 0 Å². The van der Waals surface area contributed by atoms with Gasteiger partial charge in [0, 0.05) is 12.1 Å². The van der Waals surface area contributed by atoms with Gasteiger partial charge in [0.15, 0.2) is 0 Å². The van der Waals surface area contributed by atoms with E-state index in [9.17, 15) is 9.59 Å². The van der Waals surface area contributed by atoms with Crippen molar-refractivity contribution in [1.29, 1.82) is 0 Å². The third-order valence-corrected chi connectivity index (χ3v) is 5.21. The molecule has 28 heavy (non-hydrogen) atoms. The summed E-state index contributed by atoms with van der Waals surface area (Å²) >= 11 is 0. The van der Waals surface area contributed by atoms with Crippen LogP contribution in [0.4, 0.5) is 0 Å². The van der Waals surface area contributed by atoms with Crippen LogP contribution in [0.1, 0.15) is 51.8 Å². The number of hydrogen-bond donors (Lipinski definition) is 2. The fourth-order valence-corrected chi connectivity index (χ4v) is 3.73. The summed E-state index contributed by atoms with van der Waals surface area (Å²) in [6.45, 7) is 0.675. The third-order valence-electron chi connectivity index (χ3n) is 5.21. The number of aromatic amines is 1. The smallest absolute Gasteiger partial charge is 0.269 e. The van der Waals surface area contributed by atoms with Crippen LogP contribution in [-0.4, -0.2) is 33.5 Å². The largest absolute Gasteiger partial charge is 0.364 e. The Balaban J connectivity index is 1.57. The Hall–Kier alpha value is -3.41. The molecule has 2 aromatic carbocycles. The zero-order valence-corrected chi connectivity index (χ0v) is 15.5. The number of nitrogens with one attached hydrogen (secondary N) is 1. The number of likely N-dealkylation sites (tertiary alicyclic amines) is 1. The highest BCUT2D eigenvalue weighted by Crippen LogP contribution is 2.31. The number of rotatable bonds is 4. The van der Waals surface area contributed by atoms with E-state index in [2.05, 4.69) is 10.2 Å². The first kappa shape index (κ1) is 18.0. The van der Waals surface area contributed by atoms with Crippen LogP contribution in [0.3, 0.4) is 0 Å². The highest BCUT2D eigenvalue weighted by atomic mass is 16.2. The maximum Gasteiger partial charge on any atom is 0.269 e. The van der Waals surface area contributed by atoms with E-state index < -0.39 is 5.91 Å². The number of hydrogen-bond acceptors (Lipinski definition) is 3. The number of piperidine rings is 1. The molecule has 0 bridgehead atoms. The van der Waals surface area contributed by atoms with E-state index >= 15 is 0 Å². The standard InChI is InChI=1S/C22H22N4O2/c23-21(27)19-14-18(24-25-19)20-8-4-5-13-26(20)22(28)17-11-9-16(10-12-17)15-6-2-1-3-7-15/h1-3,6-7,9-12,14,20H,4-5,8,13H2,(H2,23,27)(H,24,25). The van der Waals surface area contributed by atoms with E-state index in [-0.39, 0.29) is 17.6 Å². The van der Waals surface area contributed by atoms with E-state index in [0.717, 1.165) is 36.1 Å². The lowest BCUT2D eigenvalue weighted by atomic mass is 9.97. The SMILES string of the molecule is NC(=O)c1cc(C2CCCCN2C(=O)c2ccc(-c3ccccc3)cc2)[nH]n1. The van der Waals surface area contributed by atoms with Crippen molar-refractivity contribution in [2.45, 2.75) is 25.3 Å². The monoisotopic (exact) mass is 374 g/mol. The highest BCUT2D eigenvalue weighted by Gasteiger charge is 2.30. The molecule has 1 aliphatic rings. The number of amides is 2. The van der Waals surface area contributed by atoms with Crippen LogP contribution in [0.15, 0.2) is 60.7 Å². The number of benzene rings is 2. The molecule has 2 heterocycles. The Kier molecular flexibility index (Phi) is 4.93. The zero-order valence-electron chi connectivity index (χ0n) is 15.5. The Labute approximate surface area is 163 Å². The van der Waals surface area contributed by atoms with Crippen molar-refractivity contribution < 1.29 is 9.59 Å². The normalized spacial score (nSPS) is 16.7. The van der Waals surface area contributed by atoms with Crippen molar-refractivity contribution in [3.8, 4) is 11.1 Å². The minimum atomic E-state index is -0.576. The molecule has 3 aromatic rings. The molecule has 1 atom stereocenters. The minimum absolute atomic E-state index is 0.0143. The average molecular weight is 374 g/mol. The first-order chi connectivity index (χ1) is 13.6. The number of primary amides is 1. The Morgan fingerprint density at radius 2 is 1.71 bits per heavy atom. The van der Waals surface area contributed by atoms with E-state index in [4.69, 9.17) is 5.73 Å². The second-order valence-corrected chi connectivity index (χ2v) is 7.03. The molecule has 0 aliphatic carbocycles. The van der Waals surface area contributed by atoms with Crippen molar-refractivity contribution in [1.82, 2.24) is 15.1 Å². The van der Waals surface area contributed by atoms with Gasteiger partial charge < -0.3 is 10.6 Å². The molecular weight excluding hydrogens is 352 g/mol. The molecule has 1 aliphatic heterocycles. The van der Waals surface area contributed by atoms with Crippen molar-refractivity contribution in [3.63, 3.8) is 0 Å². The van der Waals surface area contributed by atoms with E-state index in [1.807, 2.05) is 59.5 Å². The molecule has 0 radical (unpaired) electrons. The topological polar surface area (TPSA) is 92.1 Å². The van der Waals surface area contributed by atoms with Gasteiger partial charge in [-0.05, 0) is 48.6 Å². The van der Waals surface area contributed by atoms with Gasteiger partial charge in [0.05, 0.1) is 11.7 Å². The lowest BCUT2D eigenvalue weighted by Gasteiger charge is -2.35. The first-order valence-corrected chi connectivity index (χ1v) is 9.45. The van der Waals surface area contributed by atoms with Crippen LogP contribution in [0.2, 0.25) is 0 Å². The van der Waals surface area contributed by atoms with Crippen molar-refractivity contribution >= 4 is 11.8 Å². The summed E-state index contributed by atoms with van der Waals surface area (Å²) in [5, 5.41) is 6.84. The van der Waals surface area contributed by atoms with Gasteiger partial charge in [-0.25, -0.2) is 0 Å². The number of carbonyl (C=O) groups excluding carboxylic acids is 2. The fraction of sp³-hybridized carbons (Fsp3) is 0.227. The summed E-state index contributed by atoms with van der Waals surface area (Å²) in [5.74, 6) is -0.591.